The fourth-order valence-electron chi connectivity index (χ4n) is 3.81. The quantitative estimate of drug-likeness (QED) is 0.627. The number of nitrogens with zero attached hydrogens (tertiary/aromatic N) is 2. The molecule has 2 aromatic rings. The van der Waals surface area contributed by atoms with Crippen molar-refractivity contribution in [1.82, 2.24) is 19.5 Å². The van der Waals surface area contributed by atoms with Crippen LogP contribution in [-0.4, -0.2) is 68.4 Å². The number of amides is 1. The van der Waals surface area contributed by atoms with Crippen molar-refractivity contribution in [2.75, 3.05) is 32.5 Å². The number of hydrogen-bond donors (Lipinski definition) is 2. The summed E-state index contributed by atoms with van der Waals surface area (Å²) in [5, 5.41) is 4.74. The van der Waals surface area contributed by atoms with Crippen LogP contribution in [0.2, 0.25) is 5.02 Å². The number of rotatable bonds is 8. The molecule has 10 heteroatoms. The lowest BCUT2D eigenvalue weighted by atomic mass is 10.1. The van der Waals surface area contributed by atoms with E-state index in [2.05, 4.69) is 10.0 Å². The van der Waals surface area contributed by atoms with Crippen LogP contribution in [-0.2, 0) is 32.6 Å². The van der Waals surface area contributed by atoms with E-state index in [1.54, 1.807) is 0 Å². The molecular weight excluding hydrogens is 428 g/mol. The minimum Gasteiger partial charge on any atom is -0.366 e. The Hall–Kier alpha value is -1.65. The summed E-state index contributed by atoms with van der Waals surface area (Å²) in [7, 11) is -3.25. The SMILES string of the molecule is CS(=O)(=O)NCCn1cc(Cl)c2ccc(CN(C(=O)C3CNCCO3)C3CC3)cc21. The molecule has 1 atom stereocenters. The Balaban J connectivity index is 1.52. The first kappa shape index (κ1) is 21.6. The van der Waals surface area contributed by atoms with Gasteiger partial charge in [0.15, 0.2) is 0 Å². The maximum Gasteiger partial charge on any atom is 0.253 e. The van der Waals surface area contributed by atoms with Crippen LogP contribution < -0.4 is 10.0 Å². The number of carbonyl (C=O) groups is 1. The summed E-state index contributed by atoms with van der Waals surface area (Å²) in [6.07, 6.45) is 4.57. The maximum absolute atomic E-state index is 13.0. The molecule has 1 unspecified atom stereocenters. The van der Waals surface area contributed by atoms with Crippen molar-refractivity contribution in [1.29, 1.82) is 0 Å². The van der Waals surface area contributed by atoms with E-state index < -0.39 is 16.1 Å². The standard InChI is InChI=1S/C20H27ClN4O4S/c1-30(27,28)23-6-8-24-13-17(21)16-5-2-14(10-18(16)24)12-25(15-3-4-15)20(26)19-11-22-7-9-29-19/h2,5,10,13,15,19,22-23H,3-4,6-9,11-12H2,1H3. The molecule has 1 aromatic carbocycles. The molecule has 1 aliphatic carbocycles. The zero-order valence-corrected chi connectivity index (χ0v) is 18.5. The van der Waals surface area contributed by atoms with Crippen molar-refractivity contribution >= 4 is 38.4 Å². The number of benzene rings is 1. The Labute approximate surface area is 181 Å². The van der Waals surface area contributed by atoms with Crippen LogP contribution in [0.5, 0.6) is 0 Å². The molecule has 1 aliphatic heterocycles. The van der Waals surface area contributed by atoms with Crippen LogP contribution in [0.15, 0.2) is 24.4 Å². The Morgan fingerprint density at radius 3 is 2.87 bits per heavy atom. The van der Waals surface area contributed by atoms with E-state index in [9.17, 15) is 13.2 Å². The molecule has 1 saturated carbocycles. The Kier molecular flexibility index (Phi) is 6.36. The summed E-state index contributed by atoms with van der Waals surface area (Å²) < 4.78 is 32.8. The number of hydrogen-bond acceptors (Lipinski definition) is 5. The van der Waals surface area contributed by atoms with Crippen molar-refractivity contribution in [3.05, 3.63) is 35.0 Å². The highest BCUT2D eigenvalue weighted by Gasteiger charge is 2.36. The Morgan fingerprint density at radius 2 is 2.20 bits per heavy atom. The summed E-state index contributed by atoms with van der Waals surface area (Å²) in [6.45, 7) is 3.13. The molecule has 2 N–H and O–H groups in total. The fourth-order valence-corrected chi connectivity index (χ4v) is 4.55. The van der Waals surface area contributed by atoms with Crippen LogP contribution in [0.3, 0.4) is 0 Å². The first-order valence-electron chi connectivity index (χ1n) is 10.2. The second-order valence-electron chi connectivity index (χ2n) is 7.95. The topological polar surface area (TPSA) is 92.7 Å². The van der Waals surface area contributed by atoms with Gasteiger partial charge in [0.25, 0.3) is 5.91 Å². The lowest BCUT2D eigenvalue weighted by Gasteiger charge is -2.30. The highest BCUT2D eigenvalue weighted by molar-refractivity contribution is 7.88. The van der Waals surface area contributed by atoms with Crippen molar-refractivity contribution < 1.29 is 17.9 Å². The van der Waals surface area contributed by atoms with Crippen molar-refractivity contribution in [3.63, 3.8) is 0 Å². The zero-order valence-electron chi connectivity index (χ0n) is 16.9. The highest BCUT2D eigenvalue weighted by atomic mass is 35.5. The van der Waals surface area contributed by atoms with E-state index in [0.29, 0.717) is 31.3 Å². The van der Waals surface area contributed by atoms with E-state index in [0.717, 1.165) is 42.1 Å². The average molecular weight is 455 g/mol. The third kappa shape index (κ3) is 5.15. The smallest absolute Gasteiger partial charge is 0.253 e. The number of aromatic nitrogens is 1. The molecular formula is C20H27ClN4O4S. The monoisotopic (exact) mass is 454 g/mol. The third-order valence-corrected chi connectivity index (χ3v) is 6.47. The lowest BCUT2D eigenvalue weighted by Crippen LogP contribution is -2.49. The van der Waals surface area contributed by atoms with E-state index in [1.807, 2.05) is 33.9 Å². The number of nitrogens with one attached hydrogen (secondary N) is 2. The Bertz CT molecular complexity index is 1030. The Morgan fingerprint density at radius 1 is 1.40 bits per heavy atom. The van der Waals surface area contributed by atoms with Gasteiger partial charge in [0.2, 0.25) is 10.0 Å². The van der Waals surface area contributed by atoms with Crippen molar-refractivity contribution in [2.45, 2.75) is 38.1 Å². The molecule has 1 amide bonds. The van der Waals surface area contributed by atoms with Gasteiger partial charge in [-0.3, -0.25) is 4.79 Å². The van der Waals surface area contributed by atoms with Gasteiger partial charge in [0.05, 0.1) is 17.9 Å². The first-order valence-corrected chi connectivity index (χ1v) is 12.4. The minimum atomic E-state index is -3.25. The molecule has 30 heavy (non-hydrogen) atoms. The van der Waals surface area contributed by atoms with Gasteiger partial charge in [-0.25, -0.2) is 13.1 Å². The summed E-state index contributed by atoms with van der Waals surface area (Å²) in [4.78, 5) is 15.0. The zero-order chi connectivity index (χ0) is 21.3. The molecule has 0 spiro atoms. The predicted molar refractivity (Wildman–Crippen MR) is 116 cm³/mol. The summed E-state index contributed by atoms with van der Waals surface area (Å²) in [6, 6.07) is 6.26. The molecule has 0 bridgehead atoms. The van der Waals surface area contributed by atoms with Crippen LogP contribution in [0.1, 0.15) is 18.4 Å². The van der Waals surface area contributed by atoms with Gasteiger partial charge in [0, 0.05) is 55.9 Å². The molecule has 2 fully saturated rings. The predicted octanol–water partition coefficient (Wildman–Crippen LogP) is 1.32. The second-order valence-corrected chi connectivity index (χ2v) is 10.2. The molecule has 8 nitrogen and oxygen atoms in total. The number of carbonyl (C=O) groups excluding carboxylic acids is 1. The van der Waals surface area contributed by atoms with E-state index in [1.165, 1.54) is 0 Å². The molecule has 1 saturated heterocycles. The number of sulfonamides is 1. The molecule has 4 rings (SSSR count). The van der Waals surface area contributed by atoms with Crippen LogP contribution in [0.25, 0.3) is 10.9 Å². The average Bonchev–Trinajstić information content (AvgIpc) is 3.51. The van der Waals surface area contributed by atoms with Gasteiger partial charge < -0.3 is 19.5 Å². The number of ether oxygens (including phenoxy) is 1. The van der Waals surface area contributed by atoms with E-state index in [-0.39, 0.29) is 18.5 Å². The number of morpholine rings is 1. The fraction of sp³-hybridized carbons (Fsp3) is 0.550. The van der Waals surface area contributed by atoms with E-state index in [4.69, 9.17) is 16.3 Å². The summed E-state index contributed by atoms with van der Waals surface area (Å²) >= 11 is 6.37. The van der Waals surface area contributed by atoms with Gasteiger partial charge in [-0.1, -0.05) is 23.7 Å². The molecule has 1 aromatic heterocycles. The van der Waals surface area contributed by atoms with Gasteiger partial charge in [-0.15, -0.1) is 0 Å². The van der Waals surface area contributed by atoms with Crippen LogP contribution in [0, 0.1) is 0 Å². The summed E-state index contributed by atoms with van der Waals surface area (Å²) in [5.74, 6) is 0.0376. The number of fused-ring (bicyclic) bond motifs is 1. The van der Waals surface area contributed by atoms with Crippen molar-refractivity contribution in [2.24, 2.45) is 0 Å². The van der Waals surface area contributed by atoms with E-state index >= 15 is 0 Å². The van der Waals surface area contributed by atoms with Gasteiger partial charge in [0.1, 0.15) is 6.10 Å². The second kappa shape index (κ2) is 8.84. The largest absolute Gasteiger partial charge is 0.366 e. The van der Waals surface area contributed by atoms with Crippen LogP contribution in [0.4, 0.5) is 0 Å². The highest BCUT2D eigenvalue weighted by Crippen LogP contribution is 2.31. The molecule has 2 aliphatic rings. The molecule has 0 radical (unpaired) electrons. The first-order chi connectivity index (χ1) is 14.3. The molecule has 2 heterocycles. The minimum absolute atomic E-state index is 0.0376. The summed E-state index contributed by atoms with van der Waals surface area (Å²) in [5.41, 5.74) is 1.94. The van der Waals surface area contributed by atoms with Crippen LogP contribution >= 0.6 is 11.6 Å². The van der Waals surface area contributed by atoms with Gasteiger partial charge in [-0.2, -0.15) is 0 Å². The maximum atomic E-state index is 13.0. The molecule has 164 valence electrons. The third-order valence-electron chi connectivity index (χ3n) is 5.44. The normalized spacial score (nSPS) is 19.9. The lowest BCUT2D eigenvalue weighted by molar-refractivity contribution is -0.146. The van der Waals surface area contributed by atoms with Crippen molar-refractivity contribution in [3.8, 4) is 0 Å². The van der Waals surface area contributed by atoms with Gasteiger partial charge in [-0.05, 0) is 24.5 Å². The number of halogens is 1. The van der Waals surface area contributed by atoms with Gasteiger partial charge >= 0.3 is 0 Å².